The van der Waals surface area contributed by atoms with Gasteiger partial charge in [0, 0.05) is 36.5 Å². The molecule has 0 saturated carbocycles. The summed E-state index contributed by atoms with van der Waals surface area (Å²) in [5.41, 5.74) is 2.66. The number of anilines is 1. The molecular weight excluding hydrogens is 330 g/mol. The lowest BCUT2D eigenvalue weighted by molar-refractivity contribution is -0.120. The first-order valence-corrected chi connectivity index (χ1v) is 9.01. The van der Waals surface area contributed by atoms with Gasteiger partial charge in [-0.15, -0.1) is 5.10 Å². The first kappa shape index (κ1) is 18.4. The van der Waals surface area contributed by atoms with E-state index in [1.54, 1.807) is 0 Å². The number of aryl methyl sites for hydroxylation is 2. The summed E-state index contributed by atoms with van der Waals surface area (Å²) >= 11 is 0. The molecule has 1 amide bonds. The van der Waals surface area contributed by atoms with Gasteiger partial charge in [0.25, 0.3) is 0 Å². The van der Waals surface area contributed by atoms with Gasteiger partial charge in [0.15, 0.2) is 5.82 Å². The maximum Gasteiger partial charge on any atom is 0.224 e. The average Bonchev–Trinajstić information content (AvgIpc) is 2.85. The van der Waals surface area contributed by atoms with Crippen LogP contribution in [0, 0.1) is 19.8 Å². The molecule has 140 valence electrons. The van der Waals surface area contributed by atoms with Gasteiger partial charge in [-0.2, -0.15) is 5.10 Å². The van der Waals surface area contributed by atoms with Crippen molar-refractivity contribution < 1.29 is 9.32 Å². The predicted molar refractivity (Wildman–Crippen MR) is 99.1 cm³/mol. The second-order valence-electron chi connectivity index (χ2n) is 8.08. The maximum absolute atomic E-state index is 12.1. The van der Waals surface area contributed by atoms with Crippen LogP contribution in [0.1, 0.15) is 43.5 Å². The van der Waals surface area contributed by atoms with Crippen LogP contribution in [0.4, 0.5) is 5.82 Å². The first-order chi connectivity index (χ1) is 12.2. The fraction of sp³-hybridized carbons (Fsp3) is 0.579. The second kappa shape index (κ2) is 7.05. The summed E-state index contributed by atoms with van der Waals surface area (Å²) in [6.45, 7) is 12.5. The van der Waals surface area contributed by atoms with Gasteiger partial charge in [-0.05, 0) is 26.0 Å². The Morgan fingerprint density at radius 1 is 1.27 bits per heavy atom. The van der Waals surface area contributed by atoms with Crippen LogP contribution < -0.4 is 10.2 Å². The number of nitrogens with one attached hydrogen (secondary N) is 1. The molecule has 1 N–H and O–H groups in total. The van der Waals surface area contributed by atoms with Crippen LogP contribution in [0.25, 0.3) is 0 Å². The fourth-order valence-corrected chi connectivity index (χ4v) is 3.02. The molecule has 0 atom stereocenters. The Morgan fingerprint density at radius 3 is 2.54 bits per heavy atom. The molecule has 2 aromatic rings. The Bertz CT molecular complexity index is 751. The summed E-state index contributed by atoms with van der Waals surface area (Å²) in [4.78, 5) is 14.3. The van der Waals surface area contributed by atoms with E-state index < -0.39 is 0 Å². The lowest BCUT2D eigenvalue weighted by atomic mass is 9.92. The molecule has 3 rings (SSSR count). The highest BCUT2D eigenvalue weighted by Gasteiger charge is 2.29. The smallest absolute Gasteiger partial charge is 0.224 e. The van der Waals surface area contributed by atoms with Gasteiger partial charge in [-0.25, -0.2) is 0 Å². The van der Waals surface area contributed by atoms with Gasteiger partial charge in [-0.1, -0.05) is 25.9 Å². The highest BCUT2D eigenvalue weighted by atomic mass is 16.5. The Balaban J connectivity index is 1.43. The van der Waals surface area contributed by atoms with E-state index in [0.717, 1.165) is 35.9 Å². The summed E-state index contributed by atoms with van der Waals surface area (Å²) in [7, 11) is 0. The molecule has 0 unspecified atom stereocenters. The average molecular weight is 357 g/mol. The number of rotatable bonds is 5. The van der Waals surface area contributed by atoms with E-state index in [1.807, 2.05) is 26.0 Å². The minimum Gasteiger partial charge on any atom is -0.361 e. The van der Waals surface area contributed by atoms with E-state index in [0.29, 0.717) is 24.6 Å². The molecule has 2 aromatic heterocycles. The maximum atomic E-state index is 12.1. The highest BCUT2D eigenvalue weighted by Crippen LogP contribution is 2.24. The molecule has 1 aliphatic heterocycles. The van der Waals surface area contributed by atoms with Crippen molar-refractivity contribution in [2.45, 2.75) is 46.5 Å². The molecule has 3 heterocycles. The summed E-state index contributed by atoms with van der Waals surface area (Å²) in [5, 5.41) is 15.6. The van der Waals surface area contributed by atoms with Crippen LogP contribution in [0.15, 0.2) is 16.7 Å². The zero-order valence-electron chi connectivity index (χ0n) is 16.2. The van der Waals surface area contributed by atoms with Gasteiger partial charge in [0.2, 0.25) is 5.91 Å². The van der Waals surface area contributed by atoms with Crippen molar-refractivity contribution in [1.29, 1.82) is 0 Å². The second-order valence-corrected chi connectivity index (χ2v) is 8.08. The fourth-order valence-electron chi connectivity index (χ4n) is 3.02. The van der Waals surface area contributed by atoms with Crippen molar-refractivity contribution in [3.8, 4) is 0 Å². The van der Waals surface area contributed by atoms with E-state index in [9.17, 15) is 4.79 Å². The molecule has 0 bridgehead atoms. The predicted octanol–water partition coefficient (Wildman–Crippen LogP) is 2.17. The van der Waals surface area contributed by atoms with Crippen molar-refractivity contribution in [3.63, 3.8) is 0 Å². The van der Waals surface area contributed by atoms with Crippen LogP contribution >= 0.6 is 0 Å². The molecule has 1 aliphatic rings. The van der Waals surface area contributed by atoms with Gasteiger partial charge >= 0.3 is 0 Å². The third-order valence-corrected chi connectivity index (χ3v) is 4.81. The lowest BCUT2D eigenvalue weighted by Gasteiger charge is -2.40. The Labute approximate surface area is 154 Å². The van der Waals surface area contributed by atoms with Crippen molar-refractivity contribution >= 4 is 11.7 Å². The molecule has 26 heavy (non-hydrogen) atoms. The van der Waals surface area contributed by atoms with E-state index in [-0.39, 0.29) is 11.3 Å². The summed E-state index contributed by atoms with van der Waals surface area (Å²) in [6, 6.07) is 4.07. The molecule has 1 saturated heterocycles. The number of aromatic nitrogens is 3. The van der Waals surface area contributed by atoms with Crippen LogP contribution in [-0.4, -0.2) is 40.9 Å². The van der Waals surface area contributed by atoms with Crippen LogP contribution in [-0.2, 0) is 16.6 Å². The van der Waals surface area contributed by atoms with Gasteiger partial charge in [0.05, 0.1) is 17.8 Å². The molecular formula is C19H27N5O2. The molecule has 7 heteroatoms. The Kier molecular flexibility index (Phi) is 4.98. The highest BCUT2D eigenvalue weighted by molar-refractivity contribution is 5.79. The first-order valence-electron chi connectivity index (χ1n) is 9.01. The van der Waals surface area contributed by atoms with Gasteiger partial charge < -0.3 is 14.7 Å². The van der Waals surface area contributed by atoms with Crippen LogP contribution in [0.2, 0.25) is 0 Å². The molecule has 0 aromatic carbocycles. The normalized spacial score (nSPS) is 15.0. The van der Waals surface area contributed by atoms with Gasteiger partial charge in [-0.3, -0.25) is 4.79 Å². The number of hydrogen-bond acceptors (Lipinski definition) is 6. The molecule has 0 spiro atoms. The number of amides is 1. The standard InChI is InChI=1S/C19H27N5O2/c1-12-15(13(2)26-23-12)8-18(25)20-9-14-10-24(11-14)17-7-6-16(21-22-17)19(3,4)5/h6-7,14H,8-11H2,1-5H3,(H,20,25). The quantitative estimate of drug-likeness (QED) is 0.883. The number of hydrogen-bond donors (Lipinski definition) is 1. The zero-order valence-corrected chi connectivity index (χ0v) is 16.2. The molecule has 1 fully saturated rings. The third-order valence-electron chi connectivity index (χ3n) is 4.81. The largest absolute Gasteiger partial charge is 0.361 e. The SMILES string of the molecule is Cc1noc(C)c1CC(=O)NCC1CN(c2ccc(C(C)(C)C)nn2)C1. The Morgan fingerprint density at radius 2 is 2.00 bits per heavy atom. The van der Waals surface area contributed by atoms with E-state index in [2.05, 4.69) is 46.3 Å². The molecule has 7 nitrogen and oxygen atoms in total. The minimum atomic E-state index is 0.00664. The molecule has 0 radical (unpaired) electrons. The summed E-state index contributed by atoms with van der Waals surface area (Å²) in [5.74, 6) is 2.06. The number of nitrogens with zero attached hydrogens (tertiary/aromatic N) is 4. The van der Waals surface area contributed by atoms with Gasteiger partial charge in [0.1, 0.15) is 5.76 Å². The van der Waals surface area contributed by atoms with E-state index in [4.69, 9.17) is 4.52 Å². The van der Waals surface area contributed by atoms with E-state index >= 15 is 0 Å². The number of carbonyl (C=O) groups is 1. The van der Waals surface area contributed by atoms with E-state index in [1.165, 1.54) is 0 Å². The van der Waals surface area contributed by atoms with Crippen molar-refractivity contribution in [3.05, 3.63) is 34.8 Å². The topological polar surface area (TPSA) is 84.2 Å². The van der Waals surface area contributed by atoms with Crippen LogP contribution in [0.3, 0.4) is 0 Å². The monoisotopic (exact) mass is 357 g/mol. The number of carbonyl (C=O) groups excluding carboxylic acids is 1. The minimum absolute atomic E-state index is 0.00664. The third kappa shape index (κ3) is 4.03. The summed E-state index contributed by atoms with van der Waals surface area (Å²) < 4.78 is 5.10. The summed E-state index contributed by atoms with van der Waals surface area (Å²) in [6.07, 6.45) is 0.317. The van der Waals surface area contributed by atoms with Crippen molar-refractivity contribution in [1.82, 2.24) is 20.7 Å². The lowest BCUT2D eigenvalue weighted by Crippen LogP contribution is -2.52. The Hall–Kier alpha value is -2.44. The van der Waals surface area contributed by atoms with Crippen molar-refractivity contribution in [2.75, 3.05) is 24.5 Å². The zero-order chi connectivity index (χ0) is 18.9. The van der Waals surface area contributed by atoms with Crippen molar-refractivity contribution in [2.24, 2.45) is 5.92 Å². The van der Waals surface area contributed by atoms with Crippen LogP contribution in [0.5, 0.6) is 0 Å². The molecule has 0 aliphatic carbocycles.